The van der Waals surface area contributed by atoms with E-state index in [2.05, 4.69) is 5.32 Å². The number of sulfone groups is 1. The van der Waals surface area contributed by atoms with E-state index in [4.69, 9.17) is 10.5 Å². The van der Waals surface area contributed by atoms with E-state index in [-0.39, 0.29) is 9.79 Å². The summed E-state index contributed by atoms with van der Waals surface area (Å²) in [5, 5.41) is 3.17. The van der Waals surface area contributed by atoms with Crippen molar-refractivity contribution in [2.24, 2.45) is 0 Å². The van der Waals surface area contributed by atoms with Gasteiger partial charge >= 0.3 is 0 Å². The second-order valence-corrected chi connectivity index (χ2v) is 6.67. The van der Waals surface area contributed by atoms with Gasteiger partial charge in [0.05, 0.1) is 16.4 Å². The summed E-state index contributed by atoms with van der Waals surface area (Å²) in [5.74, 6) is 0. The zero-order valence-electron chi connectivity index (χ0n) is 12.5. The van der Waals surface area contributed by atoms with Crippen LogP contribution in [0.3, 0.4) is 0 Å². The molecular formula is C16H20N2O3S. The maximum atomic E-state index is 12.5. The van der Waals surface area contributed by atoms with Gasteiger partial charge in [0.2, 0.25) is 9.84 Å². The fraction of sp³-hybridized carbons (Fsp3) is 0.250. The van der Waals surface area contributed by atoms with Gasteiger partial charge in [0.1, 0.15) is 0 Å². The first-order chi connectivity index (χ1) is 10.5. The number of ether oxygens (including phenoxy) is 1. The smallest absolute Gasteiger partial charge is 0.206 e. The van der Waals surface area contributed by atoms with Gasteiger partial charge in [-0.3, -0.25) is 0 Å². The Labute approximate surface area is 131 Å². The SMILES string of the molecule is CCOCCNc1ccc(S(=O)(=O)c2ccc(N)cc2)cc1. The normalized spacial score (nSPS) is 11.3. The van der Waals surface area contributed by atoms with Crippen LogP contribution in [0.25, 0.3) is 0 Å². The Hall–Kier alpha value is -2.05. The summed E-state index contributed by atoms with van der Waals surface area (Å²) in [7, 11) is -3.51. The van der Waals surface area contributed by atoms with Crippen LogP contribution in [0.2, 0.25) is 0 Å². The van der Waals surface area contributed by atoms with Crippen LogP contribution < -0.4 is 11.1 Å². The summed E-state index contributed by atoms with van der Waals surface area (Å²) in [6.45, 7) is 3.91. The highest BCUT2D eigenvalue weighted by Gasteiger charge is 2.17. The molecule has 0 saturated heterocycles. The number of rotatable bonds is 7. The fourth-order valence-electron chi connectivity index (χ4n) is 1.95. The second kappa shape index (κ2) is 7.29. The van der Waals surface area contributed by atoms with Gasteiger partial charge < -0.3 is 15.8 Å². The van der Waals surface area contributed by atoms with E-state index in [0.717, 1.165) is 5.69 Å². The third-order valence-electron chi connectivity index (χ3n) is 3.13. The molecule has 3 N–H and O–H groups in total. The van der Waals surface area contributed by atoms with Gasteiger partial charge in [0.15, 0.2) is 0 Å². The molecule has 0 amide bonds. The Balaban J connectivity index is 2.10. The Morgan fingerprint density at radius 3 is 2.09 bits per heavy atom. The van der Waals surface area contributed by atoms with Crippen LogP contribution in [0.5, 0.6) is 0 Å². The lowest BCUT2D eigenvalue weighted by Crippen LogP contribution is -2.09. The third kappa shape index (κ3) is 3.99. The van der Waals surface area contributed by atoms with Gasteiger partial charge in [-0.25, -0.2) is 8.42 Å². The Bertz CT molecular complexity index is 695. The average Bonchev–Trinajstić information content (AvgIpc) is 2.52. The molecule has 0 unspecified atom stereocenters. The molecule has 0 aromatic heterocycles. The summed E-state index contributed by atoms with van der Waals surface area (Å²) in [4.78, 5) is 0.492. The standard InChI is InChI=1S/C16H20N2O3S/c1-2-21-12-11-18-14-5-9-16(10-6-14)22(19,20)15-7-3-13(17)4-8-15/h3-10,18H,2,11-12,17H2,1H3. The molecule has 118 valence electrons. The predicted molar refractivity (Wildman–Crippen MR) is 87.7 cm³/mol. The first-order valence-corrected chi connectivity index (χ1v) is 8.54. The zero-order valence-corrected chi connectivity index (χ0v) is 13.3. The Morgan fingerprint density at radius 1 is 1.00 bits per heavy atom. The van der Waals surface area contributed by atoms with Crippen molar-refractivity contribution in [1.29, 1.82) is 0 Å². The molecular weight excluding hydrogens is 300 g/mol. The van der Waals surface area contributed by atoms with Crippen LogP contribution in [-0.4, -0.2) is 28.2 Å². The lowest BCUT2D eigenvalue weighted by atomic mass is 10.3. The molecule has 2 rings (SSSR count). The van der Waals surface area contributed by atoms with Crippen molar-refractivity contribution in [3.8, 4) is 0 Å². The number of hydrogen-bond donors (Lipinski definition) is 2. The molecule has 6 heteroatoms. The molecule has 2 aromatic carbocycles. The highest BCUT2D eigenvalue weighted by molar-refractivity contribution is 7.91. The topological polar surface area (TPSA) is 81.4 Å². The molecule has 0 atom stereocenters. The molecule has 0 fully saturated rings. The van der Waals surface area contributed by atoms with Gasteiger partial charge in [0.25, 0.3) is 0 Å². The van der Waals surface area contributed by atoms with Crippen molar-refractivity contribution in [3.05, 3.63) is 48.5 Å². The predicted octanol–water partition coefficient (Wildman–Crippen LogP) is 2.55. The Morgan fingerprint density at radius 2 is 1.55 bits per heavy atom. The molecule has 0 aliphatic rings. The van der Waals surface area contributed by atoms with Crippen molar-refractivity contribution in [1.82, 2.24) is 0 Å². The minimum atomic E-state index is -3.51. The van der Waals surface area contributed by atoms with Gasteiger partial charge in [0, 0.05) is 24.5 Å². The van der Waals surface area contributed by atoms with Gasteiger partial charge in [-0.05, 0) is 55.5 Å². The second-order valence-electron chi connectivity index (χ2n) is 4.72. The number of nitrogen functional groups attached to an aromatic ring is 1. The van der Waals surface area contributed by atoms with E-state index in [0.29, 0.717) is 25.4 Å². The average molecular weight is 320 g/mol. The van der Waals surface area contributed by atoms with Gasteiger partial charge in [-0.15, -0.1) is 0 Å². The highest BCUT2D eigenvalue weighted by Crippen LogP contribution is 2.23. The summed E-state index contributed by atoms with van der Waals surface area (Å²) in [6, 6.07) is 12.9. The fourth-order valence-corrected chi connectivity index (χ4v) is 3.21. The van der Waals surface area contributed by atoms with E-state index in [9.17, 15) is 8.42 Å². The first-order valence-electron chi connectivity index (χ1n) is 7.06. The molecule has 22 heavy (non-hydrogen) atoms. The zero-order chi connectivity index (χ0) is 16.0. The lowest BCUT2D eigenvalue weighted by Gasteiger charge is -2.08. The van der Waals surface area contributed by atoms with Crippen molar-refractivity contribution in [2.45, 2.75) is 16.7 Å². The summed E-state index contributed by atoms with van der Waals surface area (Å²) in [5.41, 5.74) is 6.98. The van der Waals surface area contributed by atoms with Crippen LogP contribution in [0.4, 0.5) is 11.4 Å². The monoisotopic (exact) mass is 320 g/mol. The molecule has 0 saturated carbocycles. The van der Waals surface area contributed by atoms with E-state index in [1.54, 1.807) is 36.4 Å². The number of nitrogens with one attached hydrogen (secondary N) is 1. The third-order valence-corrected chi connectivity index (χ3v) is 4.92. The van der Waals surface area contributed by atoms with Crippen molar-refractivity contribution < 1.29 is 13.2 Å². The molecule has 0 spiro atoms. The maximum Gasteiger partial charge on any atom is 0.206 e. The van der Waals surface area contributed by atoms with Crippen molar-refractivity contribution in [2.75, 3.05) is 30.8 Å². The number of hydrogen-bond acceptors (Lipinski definition) is 5. The molecule has 0 bridgehead atoms. The minimum absolute atomic E-state index is 0.235. The number of benzene rings is 2. The van der Waals surface area contributed by atoms with Crippen LogP contribution in [0, 0.1) is 0 Å². The molecule has 2 aromatic rings. The van der Waals surface area contributed by atoms with Crippen LogP contribution in [0.15, 0.2) is 58.3 Å². The van der Waals surface area contributed by atoms with Crippen molar-refractivity contribution in [3.63, 3.8) is 0 Å². The molecule has 0 heterocycles. The summed E-state index contributed by atoms with van der Waals surface area (Å²) >= 11 is 0. The largest absolute Gasteiger partial charge is 0.399 e. The summed E-state index contributed by atoms with van der Waals surface area (Å²) < 4.78 is 30.2. The van der Waals surface area contributed by atoms with E-state index >= 15 is 0 Å². The summed E-state index contributed by atoms with van der Waals surface area (Å²) in [6.07, 6.45) is 0. The van der Waals surface area contributed by atoms with Gasteiger partial charge in [-0.2, -0.15) is 0 Å². The van der Waals surface area contributed by atoms with E-state index in [1.165, 1.54) is 12.1 Å². The number of anilines is 2. The molecule has 0 aliphatic heterocycles. The number of nitrogens with two attached hydrogens (primary N) is 1. The quantitative estimate of drug-likeness (QED) is 0.605. The lowest BCUT2D eigenvalue weighted by molar-refractivity contribution is 0.158. The van der Waals surface area contributed by atoms with Crippen LogP contribution in [-0.2, 0) is 14.6 Å². The molecule has 0 aliphatic carbocycles. The molecule has 5 nitrogen and oxygen atoms in total. The first kappa shape index (κ1) is 16.3. The van der Waals surface area contributed by atoms with E-state index < -0.39 is 9.84 Å². The van der Waals surface area contributed by atoms with Crippen molar-refractivity contribution >= 4 is 21.2 Å². The maximum absolute atomic E-state index is 12.5. The van der Waals surface area contributed by atoms with Crippen LogP contribution in [0.1, 0.15) is 6.92 Å². The minimum Gasteiger partial charge on any atom is -0.399 e. The highest BCUT2D eigenvalue weighted by atomic mass is 32.2. The Kier molecular flexibility index (Phi) is 5.41. The van der Waals surface area contributed by atoms with Gasteiger partial charge in [-0.1, -0.05) is 0 Å². The van der Waals surface area contributed by atoms with E-state index in [1.807, 2.05) is 6.92 Å². The van der Waals surface area contributed by atoms with Crippen LogP contribution >= 0.6 is 0 Å². The molecule has 0 radical (unpaired) electrons.